The van der Waals surface area contributed by atoms with Gasteiger partial charge in [-0.25, -0.2) is 0 Å². The number of nitrogens with two attached hydrogens (primary N) is 1. The van der Waals surface area contributed by atoms with E-state index >= 15 is 0 Å². The molecule has 0 spiro atoms. The Kier molecular flexibility index (Phi) is 5.49. The molecule has 0 aliphatic carbocycles. The van der Waals surface area contributed by atoms with E-state index in [1.54, 1.807) is 36.4 Å². The number of benzene rings is 1. The molecule has 0 bridgehead atoms. The van der Waals surface area contributed by atoms with Crippen LogP contribution in [0.2, 0.25) is 0 Å². The second-order valence-electron chi connectivity index (χ2n) is 4.17. The summed E-state index contributed by atoms with van der Waals surface area (Å²) in [5, 5.41) is 8.73. The van der Waals surface area contributed by atoms with Gasteiger partial charge in [0, 0.05) is 5.56 Å². The summed E-state index contributed by atoms with van der Waals surface area (Å²) < 4.78 is 5.29. The largest absolute Gasteiger partial charge is 0.480 e. The number of hydrogen-bond donors (Lipinski definition) is 2. The normalized spacial score (nSPS) is 11.4. The maximum Gasteiger partial charge on any atom is 0.320 e. The molecule has 1 atom stereocenters. The number of carbonyl (C=O) groups excluding carboxylic acids is 1. The molecule has 2 rings (SSSR count). The van der Waals surface area contributed by atoms with E-state index in [0.29, 0.717) is 12.0 Å². The molecule has 0 radical (unpaired) electrons. The highest BCUT2D eigenvalue weighted by Gasteiger charge is 2.12. The van der Waals surface area contributed by atoms with Crippen LogP contribution in [0.25, 0.3) is 11.3 Å². The first-order chi connectivity index (χ1) is 9.10. The summed E-state index contributed by atoms with van der Waals surface area (Å²) in [7, 11) is 0. The van der Waals surface area contributed by atoms with Gasteiger partial charge < -0.3 is 15.3 Å². The molecule has 0 saturated carbocycles. The molecule has 20 heavy (non-hydrogen) atoms. The van der Waals surface area contributed by atoms with Gasteiger partial charge in [-0.1, -0.05) is 24.3 Å². The highest BCUT2D eigenvalue weighted by Crippen LogP contribution is 2.22. The summed E-state index contributed by atoms with van der Waals surface area (Å²) in [5.74, 6) is -0.158. The maximum absolute atomic E-state index is 10.7. The Morgan fingerprint density at radius 1 is 1.25 bits per heavy atom. The van der Waals surface area contributed by atoms with Crippen LogP contribution in [0.5, 0.6) is 0 Å². The zero-order chi connectivity index (χ0) is 13.8. The zero-order valence-electron chi connectivity index (χ0n) is 10.5. The number of rotatable bonds is 5. The predicted molar refractivity (Wildman–Crippen MR) is 76.1 cm³/mol. The highest BCUT2D eigenvalue weighted by atomic mass is 35.5. The van der Waals surface area contributed by atoms with Crippen LogP contribution < -0.4 is 5.73 Å². The Morgan fingerprint density at radius 3 is 2.40 bits per heavy atom. The topological polar surface area (TPSA) is 93.5 Å². The SMILES string of the molecule is Cl.N[C@H](Cc1ccc(-c2ccc(C=O)o2)cc1)C(=O)O. The van der Waals surface area contributed by atoms with Gasteiger partial charge in [-0.15, -0.1) is 12.4 Å². The Balaban J connectivity index is 0.00000200. The van der Waals surface area contributed by atoms with Crippen LogP contribution in [-0.4, -0.2) is 23.4 Å². The molecule has 2 aromatic rings. The van der Waals surface area contributed by atoms with Crippen LogP contribution in [0.15, 0.2) is 40.8 Å². The number of carbonyl (C=O) groups is 2. The van der Waals surface area contributed by atoms with E-state index in [2.05, 4.69) is 0 Å². The van der Waals surface area contributed by atoms with E-state index in [9.17, 15) is 9.59 Å². The van der Waals surface area contributed by atoms with Crippen LogP contribution in [0, 0.1) is 0 Å². The van der Waals surface area contributed by atoms with Crippen molar-refractivity contribution < 1.29 is 19.1 Å². The summed E-state index contributed by atoms with van der Waals surface area (Å²) in [6.45, 7) is 0. The Morgan fingerprint density at radius 2 is 1.90 bits per heavy atom. The molecule has 5 nitrogen and oxygen atoms in total. The van der Waals surface area contributed by atoms with Gasteiger partial charge in [-0.3, -0.25) is 9.59 Å². The minimum atomic E-state index is -1.02. The number of aldehydes is 1. The lowest BCUT2D eigenvalue weighted by molar-refractivity contribution is -0.138. The molecule has 0 fully saturated rings. The molecule has 0 amide bonds. The number of halogens is 1. The van der Waals surface area contributed by atoms with Gasteiger partial charge in [0.15, 0.2) is 12.0 Å². The van der Waals surface area contributed by atoms with Gasteiger partial charge >= 0.3 is 5.97 Å². The molecule has 1 aromatic heterocycles. The fourth-order valence-corrected chi connectivity index (χ4v) is 1.72. The van der Waals surface area contributed by atoms with E-state index in [1.807, 2.05) is 0 Å². The van der Waals surface area contributed by atoms with Gasteiger partial charge in [0.1, 0.15) is 11.8 Å². The first-order valence-corrected chi connectivity index (χ1v) is 5.73. The van der Waals surface area contributed by atoms with Crippen LogP contribution >= 0.6 is 12.4 Å². The quantitative estimate of drug-likeness (QED) is 0.824. The van der Waals surface area contributed by atoms with Crippen molar-refractivity contribution in [2.24, 2.45) is 5.73 Å². The smallest absolute Gasteiger partial charge is 0.320 e. The lowest BCUT2D eigenvalue weighted by Crippen LogP contribution is -2.32. The fraction of sp³-hybridized carbons (Fsp3) is 0.143. The Bertz CT molecular complexity index is 591. The van der Waals surface area contributed by atoms with Crippen LogP contribution in [0.3, 0.4) is 0 Å². The zero-order valence-corrected chi connectivity index (χ0v) is 11.3. The second kappa shape index (κ2) is 6.88. The molecule has 0 unspecified atom stereocenters. The van der Waals surface area contributed by atoms with Gasteiger partial charge in [0.2, 0.25) is 0 Å². The van der Waals surface area contributed by atoms with Crippen molar-refractivity contribution in [1.29, 1.82) is 0 Å². The number of carboxylic acids is 1. The Hall–Kier alpha value is -2.11. The average molecular weight is 296 g/mol. The van der Waals surface area contributed by atoms with Crippen molar-refractivity contribution in [3.63, 3.8) is 0 Å². The van der Waals surface area contributed by atoms with Crippen molar-refractivity contribution in [2.45, 2.75) is 12.5 Å². The molecule has 3 N–H and O–H groups in total. The van der Waals surface area contributed by atoms with E-state index in [-0.39, 0.29) is 24.6 Å². The third-order valence-corrected chi connectivity index (χ3v) is 2.75. The lowest BCUT2D eigenvalue weighted by atomic mass is 10.0. The summed E-state index contributed by atoms with van der Waals surface area (Å²) >= 11 is 0. The Labute approximate surface area is 121 Å². The first-order valence-electron chi connectivity index (χ1n) is 5.73. The van der Waals surface area contributed by atoms with Crippen LogP contribution in [0.4, 0.5) is 0 Å². The van der Waals surface area contributed by atoms with Gasteiger partial charge in [0.05, 0.1) is 0 Å². The van der Waals surface area contributed by atoms with Crippen molar-refractivity contribution in [1.82, 2.24) is 0 Å². The van der Waals surface area contributed by atoms with Crippen molar-refractivity contribution in [3.8, 4) is 11.3 Å². The first kappa shape index (κ1) is 15.9. The third kappa shape index (κ3) is 3.69. The molecular formula is C14H14ClNO4. The predicted octanol–water partition coefficient (Wildman–Crippen LogP) is 2.14. The highest BCUT2D eigenvalue weighted by molar-refractivity contribution is 5.85. The van der Waals surface area contributed by atoms with Gasteiger partial charge in [-0.2, -0.15) is 0 Å². The second-order valence-corrected chi connectivity index (χ2v) is 4.17. The minimum absolute atomic E-state index is 0. The summed E-state index contributed by atoms with van der Waals surface area (Å²) in [6, 6.07) is 9.59. The van der Waals surface area contributed by atoms with Gasteiger partial charge in [0.25, 0.3) is 0 Å². The minimum Gasteiger partial charge on any atom is -0.480 e. The molecular weight excluding hydrogens is 282 g/mol. The number of furan rings is 1. The monoisotopic (exact) mass is 295 g/mol. The summed E-state index contributed by atoms with van der Waals surface area (Å²) in [5.41, 5.74) is 7.12. The molecule has 0 aliphatic heterocycles. The number of carboxylic acid groups (broad SMARTS) is 1. The molecule has 1 heterocycles. The summed E-state index contributed by atoms with van der Waals surface area (Å²) in [4.78, 5) is 21.2. The van der Waals surface area contributed by atoms with E-state index in [1.165, 1.54) is 0 Å². The molecule has 0 saturated heterocycles. The van der Waals surface area contributed by atoms with E-state index in [0.717, 1.165) is 11.1 Å². The van der Waals surface area contributed by atoms with Crippen molar-refractivity contribution >= 4 is 24.7 Å². The van der Waals surface area contributed by atoms with E-state index < -0.39 is 12.0 Å². The van der Waals surface area contributed by atoms with Crippen LogP contribution in [0.1, 0.15) is 16.1 Å². The molecule has 0 aliphatic rings. The fourth-order valence-electron chi connectivity index (χ4n) is 1.72. The average Bonchev–Trinajstić information content (AvgIpc) is 2.88. The summed E-state index contributed by atoms with van der Waals surface area (Å²) in [6.07, 6.45) is 0.914. The molecule has 106 valence electrons. The van der Waals surface area contributed by atoms with Gasteiger partial charge in [-0.05, 0) is 24.1 Å². The third-order valence-electron chi connectivity index (χ3n) is 2.75. The lowest BCUT2D eigenvalue weighted by Gasteiger charge is -2.06. The molecule has 6 heteroatoms. The standard InChI is InChI=1S/C14H13NO4.ClH/c15-12(14(17)18)7-9-1-3-10(4-2-9)13-6-5-11(8-16)19-13;/h1-6,8,12H,7,15H2,(H,17,18);1H/t12-;/m1./s1. The number of aliphatic carboxylic acids is 1. The maximum atomic E-state index is 10.7. The van der Waals surface area contributed by atoms with Crippen molar-refractivity contribution in [3.05, 3.63) is 47.7 Å². The van der Waals surface area contributed by atoms with Crippen molar-refractivity contribution in [2.75, 3.05) is 0 Å². The number of hydrogen-bond acceptors (Lipinski definition) is 4. The molecule has 1 aromatic carbocycles. The van der Waals surface area contributed by atoms with Crippen LogP contribution in [-0.2, 0) is 11.2 Å². The van der Waals surface area contributed by atoms with E-state index in [4.69, 9.17) is 15.3 Å².